The molecule has 5 rings (SSSR count). The van der Waals surface area contributed by atoms with Crippen LogP contribution in [0.4, 0.5) is 11.6 Å². The minimum absolute atomic E-state index is 0.0739. The number of fused-ring (bicyclic) bond motifs is 1. The molecule has 0 radical (unpaired) electrons. The molecule has 1 aliphatic carbocycles. The molecule has 0 amide bonds. The van der Waals surface area contributed by atoms with Crippen LogP contribution in [0.2, 0.25) is 0 Å². The summed E-state index contributed by atoms with van der Waals surface area (Å²) >= 11 is 0. The van der Waals surface area contributed by atoms with Crippen LogP contribution in [0.1, 0.15) is 24.6 Å². The van der Waals surface area contributed by atoms with E-state index in [-0.39, 0.29) is 22.4 Å². The Morgan fingerprint density at radius 1 is 1.06 bits per heavy atom. The second kappa shape index (κ2) is 7.45. The number of sulfonamides is 1. The maximum Gasteiger partial charge on any atom is 0.263 e. The number of aryl methyl sites for hydroxylation is 1. The number of nitrogens with one attached hydrogen (secondary N) is 1. The molecule has 32 heavy (non-hydrogen) atoms. The molecule has 9 heteroatoms. The number of nitrogens with two attached hydrogens (primary N) is 1. The average molecular weight is 448 g/mol. The van der Waals surface area contributed by atoms with Gasteiger partial charge in [0.25, 0.3) is 15.6 Å². The summed E-state index contributed by atoms with van der Waals surface area (Å²) in [5.41, 5.74) is 8.42. The maximum absolute atomic E-state index is 13.0. The minimum Gasteiger partial charge on any atom is -0.369 e. The summed E-state index contributed by atoms with van der Waals surface area (Å²) in [6.45, 7) is 1.64. The first-order chi connectivity index (χ1) is 15.3. The van der Waals surface area contributed by atoms with E-state index in [1.165, 1.54) is 0 Å². The number of hydrogen-bond acceptors (Lipinski definition) is 6. The van der Waals surface area contributed by atoms with Crippen LogP contribution >= 0.6 is 0 Å². The van der Waals surface area contributed by atoms with Gasteiger partial charge in [-0.15, -0.1) is 0 Å². The second-order valence-electron chi connectivity index (χ2n) is 7.89. The summed E-state index contributed by atoms with van der Waals surface area (Å²) in [4.78, 5) is 21.8. The van der Waals surface area contributed by atoms with Crippen LogP contribution in [0, 0.1) is 6.92 Å². The van der Waals surface area contributed by atoms with Crippen LogP contribution in [-0.2, 0) is 10.0 Å². The van der Waals surface area contributed by atoms with E-state index in [4.69, 9.17) is 5.73 Å². The first-order valence-corrected chi connectivity index (χ1v) is 11.7. The van der Waals surface area contributed by atoms with Gasteiger partial charge in [0.2, 0.25) is 5.95 Å². The molecule has 1 saturated carbocycles. The highest BCUT2D eigenvalue weighted by Gasteiger charge is 2.27. The Hall–Kier alpha value is -3.72. The number of nitrogens with zero attached hydrogens (tertiary/aromatic N) is 3. The third kappa shape index (κ3) is 3.60. The Balaban J connectivity index is 1.59. The minimum atomic E-state index is -3.85. The zero-order valence-electron chi connectivity index (χ0n) is 17.3. The van der Waals surface area contributed by atoms with Gasteiger partial charge in [-0.1, -0.05) is 24.3 Å². The number of anilines is 2. The molecular weight excluding hydrogens is 426 g/mol. The van der Waals surface area contributed by atoms with Gasteiger partial charge in [-0.2, -0.15) is 0 Å². The quantitative estimate of drug-likeness (QED) is 0.483. The fourth-order valence-corrected chi connectivity index (χ4v) is 5.02. The van der Waals surface area contributed by atoms with Crippen molar-refractivity contribution in [3.8, 4) is 11.1 Å². The molecule has 2 aromatic carbocycles. The van der Waals surface area contributed by atoms with E-state index in [0.29, 0.717) is 33.4 Å². The van der Waals surface area contributed by atoms with Gasteiger partial charge in [0, 0.05) is 23.5 Å². The number of rotatable bonds is 5. The molecule has 0 aliphatic heterocycles. The Kier molecular flexibility index (Phi) is 4.70. The number of para-hydroxylation sites is 1. The second-order valence-corrected chi connectivity index (χ2v) is 9.54. The number of aromatic nitrogens is 3. The van der Waals surface area contributed by atoms with E-state index in [0.717, 1.165) is 12.8 Å². The molecule has 0 bridgehead atoms. The third-order valence-electron chi connectivity index (χ3n) is 5.53. The highest BCUT2D eigenvalue weighted by Crippen LogP contribution is 2.35. The summed E-state index contributed by atoms with van der Waals surface area (Å²) in [5, 5.41) is 0.441. The van der Waals surface area contributed by atoms with Crippen molar-refractivity contribution in [2.45, 2.75) is 30.7 Å². The van der Waals surface area contributed by atoms with Gasteiger partial charge < -0.3 is 5.73 Å². The number of benzene rings is 2. The predicted molar refractivity (Wildman–Crippen MR) is 124 cm³/mol. The molecule has 162 valence electrons. The summed E-state index contributed by atoms with van der Waals surface area (Å²) < 4.78 is 30.1. The Morgan fingerprint density at radius 2 is 1.81 bits per heavy atom. The van der Waals surface area contributed by atoms with Crippen LogP contribution in [0.25, 0.3) is 22.0 Å². The van der Waals surface area contributed by atoms with Crippen molar-refractivity contribution in [2.75, 3.05) is 10.5 Å². The molecule has 0 spiro atoms. The average Bonchev–Trinajstić information content (AvgIpc) is 3.59. The zero-order valence-corrected chi connectivity index (χ0v) is 18.1. The van der Waals surface area contributed by atoms with Crippen molar-refractivity contribution in [3.63, 3.8) is 0 Å². The smallest absolute Gasteiger partial charge is 0.263 e. The van der Waals surface area contributed by atoms with Crippen molar-refractivity contribution < 1.29 is 8.42 Å². The molecule has 4 aromatic rings. The summed E-state index contributed by atoms with van der Waals surface area (Å²) in [7, 11) is -3.85. The fraction of sp³-hybridized carbons (Fsp3) is 0.174. The zero-order chi connectivity index (χ0) is 22.5. The lowest BCUT2D eigenvalue weighted by atomic mass is 10.1. The molecule has 1 aliphatic rings. The summed E-state index contributed by atoms with van der Waals surface area (Å²) in [6, 6.07) is 15.6. The number of pyridine rings is 1. The first kappa shape index (κ1) is 20.2. The van der Waals surface area contributed by atoms with Gasteiger partial charge in [-0.25, -0.2) is 13.4 Å². The maximum atomic E-state index is 13.0. The Labute approximate surface area is 184 Å². The van der Waals surface area contributed by atoms with Gasteiger partial charge in [-0.05, 0) is 55.7 Å². The van der Waals surface area contributed by atoms with Crippen molar-refractivity contribution in [1.82, 2.24) is 14.5 Å². The topological polar surface area (TPSA) is 120 Å². The van der Waals surface area contributed by atoms with Crippen LogP contribution in [-0.4, -0.2) is 23.0 Å². The number of hydrogen-bond donors (Lipinski definition) is 2. The van der Waals surface area contributed by atoms with E-state index in [1.54, 1.807) is 66.2 Å². The molecule has 3 N–H and O–H groups in total. The largest absolute Gasteiger partial charge is 0.369 e. The highest BCUT2D eigenvalue weighted by atomic mass is 32.2. The van der Waals surface area contributed by atoms with Gasteiger partial charge in [-0.3, -0.25) is 19.1 Å². The van der Waals surface area contributed by atoms with Crippen molar-refractivity contribution in [2.24, 2.45) is 0 Å². The molecule has 2 aromatic heterocycles. The monoisotopic (exact) mass is 447 g/mol. The van der Waals surface area contributed by atoms with Crippen LogP contribution < -0.4 is 16.0 Å². The Bertz CT molecular complexity index is 1510. The lowest BCUT2D eigenvalue weighted by Gasteiger charge is -2.12. The van der Waals surface area contributed by atoms with E-state index < -0.39 is 10.0 Å². The molecule has 1 fully saturated rings. The van der Waals surface area contributed by atoms with Gasteiger partial charge in [0.05, 0.1) is 16.6 Å². The van der Waals surface area contributed by atoms with Crippen LogP contribution in [0.15, 0.2) is 70.5 Å². The van der Waals surface area contributed by atoms with Gasteiger partial charge >= 0.3 is 0 Å². The standard InChI is InChI=1S/C23H21N5O3S/c1-14-21(32(30,31)27-17-5-3-2-4-6-17)12-16(13-25-14)15-7-10-20-19(11-15)22(29)28(18-8-9-18)23(24)26-20/h2-7,10-13,18,27H,8-9H2,1H3,(H2,24,26). The van der Waals surface area contributed by atoms with Crippen molar-refractivity contribution in [1.29, 1.82) is 0 Å². The highest BCUT2D eigenvalue weighted by molar-refractivity contribution is 7.92. The molecular formula is C23H21N5O3S. The lowest BCUT2D eigenvalue weighted by molar-refractivity contribution is 0.600. The molecule has 0 saturated heterocycles. The lowest BCUT2D eigenvalue weighted by Crippen LogP contribution is -2.23. The molecule has 2 heterocycles. The molecule has 0 unspecified atom stereocenters. The van der Waals surface area contributed by atoms with Gasteiger partial charge in [0.1, 0.15) is 4.90 Å². The van der Waals surface area contributed by atoms with Crippen LogP contribution in [0.3, 0.4) is 0 Å². The van der Waals surface area contributed by atoms with E-state index >= 15 is 0 Å². The first-order valence-electron chi connectivity index (χ1n) is 10.2. The van der Waals surface area contributed by atoms with Gasteiger partial charge in [0.15, 0.2) is 0 Å². The Morgan fingerprint density at radius 3 is 2.53 bits per heavy atom. The third-order valence-corrected chi connectivity index (χ3v) is 7.03. The van der Waals surface area contributed by atoms with E-state index in [9.17, 15) is 13.2 Å². The predicted octanol–water partition coefficient (Wildman–Crippen LogP) is 3.48. The van der Waals surface area contributed by atoms with E-state index in [1.807, 2.05) is 6.07 Å². The molecule has 0 atom stereocenters. The fourth-order valence-electron chi connectivity index (χ4n) is 3.74. The normalized spacial score (nSPS) is 13.9. The number of nitrogen functional groups attached to an aromatic ring is 1. The molecule has 8 nitrogen and oxygen atoms in total. The van der Waals surface area contributed by atoms with Crippen molar-refractivity contribution >= 4 is 32.6 Å². The van der Waals surface area contributed by atoms with Crippen LogP contribution in [0.5, 0.6) is 0 Å². The van der Waals surface area contributed by atoms with E-state index in [2.05, 4.69) is 14.7 Å². The SMILES string of the molecule is Cc1ncc(-c2ccc3nc(N)n(C4CC4)c(=O)c3c2)cc1S(=O)(=O)Nc1ccccc1. The van der Waals surface area contributed by atoms with Crippen molar-refractivity contribution in [3.05, 3.63) is 76.8 Å². The summed E-state index contributed by atoms with van der Waals surface area (Å²) in [5.74, 6) is 0.218. The summed E-state index contributed by atoms with van der Waals surface area (Å²) in [6.07, 6.45) is 3.42.